The van der Waals surface area contributed by atoms with E-state index in [0.717, 1.165) is 0 Å². The minimum absolute atomic E-state index is 0.131. The van der Waals surface area contributed by atoms with Crippen LogP contribution in [0.1, 0.15) is 21.0 Å². The van der Waals surface area contributed by atoms with Crippen LogP contribution in [0.4, 0.5) is 0 Å². The molecule has 0 saturated heterocycles. The van der Waals surface area contributed by atoms with Gasteiger partial charge in [0, 0.05) is 0 Å². The molecule has 0 unspecified atom stereocenters. The zero-order valence-corrected chi connectivity index (χ0v) is 11.7. The second-order valence-electron chi connectivity index (χ2n) is 3.85. The van der Waals surface area contributed by atoms with Crippen LogP contribution >= 0.6 is 0 Å². The standard InChI is InChI=1S/C13H13N3O5/c1-19-9-7-5-4-6-8(9)16-11(13(18)21-3)10(14-15-16)12(17)20-2/h4-7H,1-3H3. The van der Waals surface area contributed by atoms with Crippen molar-refractivity contribution in [2.24, 2.45) is 0 Å². The third-order valence-electron chi connectivity index (χ3n) is 2.74. The molecular weight excluding hydrogens is 278 g/mol. The van der Waals surface area contributed by atoms with E-state index in [2.05, 4.69) is 19.8 Å². The van der Waals surface area contributed by atoms with Gasteiger partial charge in [0.25, 0.3) is 0 Å². The van der Waals surface area contributed by atoms with Gasteiger partial charge in [0.1, 0.15) is 11.4 Å². The van der Waals surface area contributed by atoms with Crippen LogP contribution in [0.5, 0.6) is 5.75 Å². The van der Waals surface area contributed by atoms with Gasteiger partial charge in [-0.05, 0) is 12.1 Å². The molecule has 0 saturated carbocycles. The summed E-state index contributed by atoms with van der Waals surface area (Å²) < 4.78 is 15.6. The monoisotopic (exact) mass is 291 g/mol. The van der Waals surface area contributed by atoms with Gasteiger partial charge in [0.05, 0.1) is 21.3 Å². The second kappa shape index (κ2) is 6.04. The molecule has 0 amide bonds. The average Bonchev–Trinajstić information content (AvgIpc) is 2.97. The van der Waals surface area contributed by atoms with Crippen LogP contribution in [0, 0.1) is 0 Å². The zero-order chi connectivity index (χ0) is 15.4. The van der Waals surface area contributed by atoms with E-state index >= 15 is 0 Å². The molecule has 0 bridgehead atoms. The second-order valence-corrected chi connectivity index (χ2v) is 3.85. The molecule has 1 aromatic heterocycles. The maximum absolute atomic E-state index is 11.9. The molecule has 2 rings (SSSR count). The number of para-hydroxylation sites is 2. The highest BCUT2D eigenvalue weighted by Gasteiger charge is 2.28. The van der Waals surface area contributed by atoms with Crippen molar-refractivity contribution in [1.82, 2.24) is 15.0 Å². The molecule has 8 heteroatoms. The van der Waals surface area contributed by atoms with Crippen molar-refractivity contribution in [1.29, 1.82) is 0 Å². The highest BCUT2D eigenvalue weighted by atomic mass is 16.5. The highest BCUT2D eigenvalue weighted by molar-refractivity contribution is 6.00. The Labute approximate surface area is 120 Å². The summed E-state index contributed by atoms with van der Waals surface area (Å²) in [5.41, 5.74) is 0.0900. The third-order valence-corrected chi connectivity index (χ3v) is 2.74. The Morgan fingerprint density at radius 1 is 1.05 bits per heavy atom. The molecule has 21 heavy (non-hydrogen) atoms. The molecule has 1 heterocycles. The fraction of sp³-hybridized carbons (Fsp3) is 0.231. The van der Waals surface area contributed by atoms with Crippen LogP contribution in [-0.2, 0) is 9.47 Å². The summed E-state index contributed by atoms with van der Waals surface area (Å²) in [5, 5.41) is 7.51. The number of benzene rings is 1. The summed E-state index contributed by atoms with van der Waals surface area (Å²) in [7, 11) is 3.86. The summed E-state index contributed by atoms with van der Waals surface area (Å²) in [6.07, 6.45) is 0. The van der Waals surface area contributed by atoms with Gasteiger partial charge < -0.3 is 14.2 Å². The Morgan fingerprint density at radius 3 is 2.33 bits per heavy atom. The van der Waals surface area contributed by atoms with E-state index < -0.39 is 11.9 Å². The number of methoxy groups -OCH3 is 3. The number of aromatic nitrogens is 3. The minimum atomic E-state index is -0.781. The quantitative estimate of drug-likeness (QED) is 0.771. The van der Waals surface area contributed by atoms with Gasteiger partial charge in [-0.15, -0.1) is 5.10 Å². The molecule has 110 valence electrons. The predicted molar refractivity (Wildman–Crippen MR) is 70.6 cm³/mol. The molecule has 8 nitrogen and oxygen atoms in total. The zero-order valence-electron chi connectivity index (χ0n) is 11.7. The van der Waals surface area contributed by atoms with Gasteiger partial charge in [0.2, 0.25) is 5.69 Å². The topological polar surface area (TPSA) is 92.5 Å². The molecule has 2 aromatic rings. The Kier molecular flexibility index (Phi) is 4.17. The third kappa shape index (κ3) is 2.55. The number of carbonyl (C=O) groups excluding carboxylic acids is 2. The van der Waals surface area contributed by atoms with E-state index in [0.29, 0.717) is 11.4 Å². The summed E-state index contributed by atoms with van der Waals surface area (Å²) in [6.45, 7) is 0. The lowest BCUT2D eigenvalue weighted by Gasteiger charge is -2.09. The summed E-state index contributed by atoms with van der Waals surface area (Å²) in [6, 6.07) is 6.85. The molecule has 0 aliphatic rings. The molecule has 0 aliphatic heterocycles. The van der Waals surface area contributed by atoms with Crippen molar-refractivity contribution in [3.8, 4) is 11.4 Å². The fourth-order valence-corrected chi connectivity index (χ4v) is 1.77. The van der Waals surface area contributed by atoms with Crippen molar-refractivity contribution >= 4 is 11.9 Å². The van der Waals surface area contributed by atoms with Gasteiger partial charge >= 0.3 is 11.9 Å². The molecule has 0 aliphatic carbocycles. The molecule has 0 fully saturated rings. The number of nitrogens with zero attached hydrogens (tertiary/aromatic N) is 3. The first-order valence-electron chi connectivity index (χ1n) is 5.89. The molecule has 0 atom stereocenters. The number of esters is 2. The van der Waals surface area contributed by atoms with Gasteiger partial charge in [-0.2, -0.15) is 0 Å². The SMILES string of the molecule is COC(=O)c1nnn(-c2ccccc2OC)c1C(=O)OC. The molecule has 0 radical (unpaired) electrons. The fourth-order valence-electron chi connectivity index (χ4n) is 1.77. The molecule has 0 spiro atoms. The smallest absolute Gasteiger partial charge is 0.361 e. The Hall–Kier alpha value is -2.90. The van der Waals surface area contributed by atoms with Crippen molar-refractivity contribution in [2.45, 2.75) is 0 Å². The highest BCUT2D eigenvalue weighted by Crippen LogP contribution is 2.24. The first-order chi connectivity index (χ1) is 10.1. The van der Waals surface area contributed by atoms with Crippen LogP contribution in [0.15, 0.2) is 24.3 Å². The molecule has 1 aromatic carbocycles. The lowest BCUT2D eigenvalue weighted by atomic mass is 10.2. The van der Waals surface area contributed by atoms with Gasteiger partial charge in [-0.25, -0.2) is 14.3 Å². The van der Waals surface area contributed by atoms with Crippen LogP contribution < -0.4 is 4.74 Å². The number of hydrogen-bond donors (Lipinski definition) is 0. The van der Waals surface area contributed by atoms with Crippen LogP contribution in [0.25, 0.3) is 5.69 Å². The van der Waals surface area contributed by atoms with Gasteiger partial charge in [-0.3, -0.25) is 0 Å². The van der Waals surface area contributed by atoms with Gasteiger partial charge in [0.15, 0.2) is 5.69 Å². The van der Waals surface area contributed by atoms with Crippen LogP contribution in [0.2, 0.25) is 0 Å². The molecular formula is C13H13N3O5. The van der Waals surface area contributed by atoms with E-state index in [1.807, 2.05) is 0 Å². The minimum Gasteiger partial charge on any atom is -0.494 e. The average molecular weight is 291 g/mol. The first-order valence-corrected chi connectivity index (χ1v) is 5.89. The van der Waals surface area contributed by atoms with E-state index in [1.54, 1.807) is 24.3 Å². The van der Waals surface area contributed by atoms with Crippen molar-refractivity contribution in [3.05, 3.63) is 35.7 Å². The van der Waals surface area contributed by atoms with E-state index in [9.17, 15) is 9.59 Å². The van der Waals surface area contributed by atoms with E-state index in [1.165, 1.54) is 26.0 Å². The number of hydrogen-bond acceptors (Lipinski definition) is 7. The Morgan fingerprint density at radius 2 is 1.71 bits per heavy atom. The Bertz CT molecular complexity index is 680. The van der Waals surface area contributed by atoms with E-state index in [-0.39, 0.29) is 11.4 Å². The van der Waals surface area contributed by atoms with E-state index in [4.69, 9.17) is 4.74 Å². The van der Waals surface area contributed by atoms with Crippen molar-refractivity contribution < 1.29 is 23.8 Å². The lowest BCUT2D eigenvalue weighted by molar-refractivity contribution is 0.0546. The largest absolute Gasteiger partial charge is 0.494 e. The predicted octanol–water partition coefficient (Wildman–Crippen LogP) is 0.849. The van der Waals surface area contributed by atoms with Crippen molar-refractivity contribution in [2.75, 3.05) is 21.3 Å². The number of carbonyl (C=O) groups is 2. The van der Waals surface area contributed by atoms with Crippen molar-refractivity contribution in [3.63, 3.8) is 0 Å². The maximum atomic E-state index is 11.9. The summed E-state index contributed by atoms with van der Waals surface area (Å²) in [5.74, 6) is -1.08. The molecule has 0 N–H and O–H groups in total. The summed E-state index contributed by atoms with van der Waals surface area (Å²) in [4.78, 5) is 23.6. The van der Waals surface area contributed by atoms with Crippen LogP contribution in [0.3, 0.4) is 0 Å². The first kappa shape index (κ1) is 14.5. The van der Waals surface area contributed by atoms with Gasteiger partial charge in [-0.1, -0.05) is 17.3 Å². The lowest BCUT2D eigenvalue weighted by Crippen LogP contribution is -2.16. The number of ether oxygens (including phenoxy) is 3. The Balaban J connectivity index is 2.67. The number of rotatable bonds is 4. The summed E-state index contributed by atoms with van der Waals surface area (Å²) >= 11 is 0. The van der Waals surface area contributed by atoms with Crippen LogP contribution in [-0.4, -0.2) is 48.3 Å². The normalized spacial score (nSPS) is 10.0. The maximum Gasteiger partial charge on any atom is 0.361 e.